The Kier molecular flexibility index (Phi) is 2.72. The van der Waals surface area contributed by atoms with Crippen LogP contribution in [0.5, 0.6) is 6.01 Å². The molecule has 2 aromatic rings. The molecular weight excluding hydrogens is 198 g/mol. The Morgan fingerprint density at radius 2 is 2.47 bits per heavy atom. The number of aromatic nitrogens is 4. The van der Waals surface area contributed by atoms with Gasteiger partial charge in [-0.1, -0.05) is 5.10 Å². The van der Waals surface area contributed by atoms with E-state index in [-0.39, 0.29) is 6.61 Å². The molecule has 0 spiro atoms. The van der Waals surface area contributed by atoms with Gasteiger partial charge in [0.2, 0.25) is 0 Å². The van der Waals surface area contributed by atoms with E-state index in [4.69, 9.17) is 9.84 Å². The number of fused-ring (bicyclic) bond motifs is 1. The molecule has 7 heteroatoms. The molecular formula is C8H13N5O2. The lowest BCUT2D eigenvalue weighted by molar-refractivity contribution is 0.290. The van der Waals surface area contributed by atoms with Gasteiger partial charge in [-0.05, 0) is 6.92 Å². The molecule has 2 rings (SSSR count). The zero-order valence-corrected chi connectivity index (χ0v) is 8.42. The number of ether oxygens (including phenoxy) is 1. The van der Waals surface area contributed by atoms with E-state index in [1.807, 2.05) is 6.92 Å². The summed E-state index contributed by atoms with van der Waals surface area (Å²) >= 11 is 0. The Morgan fingerprint density at radius 3 is 3.20 bits per heavy atom. The molecule has 0 amide bonds. The first kappa shape index (κ1) is 9.78. The second-order valence-electron chi connectivity index (χ2n) is 2.86. The SMILES string of the molecule is CCOc1nn2nccc2n1NCCO. The van der Waals surface area contributed by atoms with Crippen LogP contribution in [0, 0.1) is 0 Å². The van der Waals surface area contributed by atoms with Crippen LogP contribution in [0.4, 0.5) is 0 Å². The van der Waals surface area contributed by atoms with Crippen molar-refractivity contribution in [2.45, 2.75) is 6.92 Å². The summed E-state index contributed by atoms with van der Waals surface area (Å²) in [6.45, 7) is 2.89. The van der Waals surface area contributed by atoms with Crippen LogP contribution >= 0.6 is 0 Å². The zero-order chi connectivity index (χ0) is 10.7. The van der Waals surface area contributed by atoms with Gasteiger partial charge in [0, 0.05) is 6.07 Å². The van der Waals surface area contributed by atoms with Crippen LogP contribution < -0.4 is 10.2 Å². The van der Waals surface area contributed by atoms with Crippen molar-refractivity contribution >= 4 is 5.65 Å². The van der Waals surface area contributed by atoms with Gasteiger partial charge >= 0.3 is 6.01 Å². The average molecular weight is 211 g/mol. The van der Waals surface area contributed by atoms with Gasteiger partial charge in [-0.15, -0.1) is 4.63 Å². The van der Waals surface area contributed by atoms with Crippen LogP contribution in [-0.4, -0.2) is 44.4 Å². The Balaban J connectivity index is 2.34. The Bertz CT molecular complexity index is 435. The summed E-state index contributed by atoms with van der Waals surface area (Å²) in [7, 11) is 0. The van der Waals surface area contributed by atoms with E-state index < -0.39 is 0 Å². The van der Waals surface area contributed by atoms with Crippen LogP contribution in [0.15, 0.2) is 12.3 Å². The van der Waals surface area contributed by atoms with Crippen LogP contribution in [0.1, 0.15) is 6.92 Å². The van der Waals surface area contributed by atoms with Gasteiger partial charge in [0.1, 0.15) is 0 Å². The van der Waals surface area contributed by atoms with Gasteiger partial charge in [-0.25, -0.2) is 0 Å². The molecule has 82 valence electrons. The number of rotatable bonds is 5. The first-order valence-electron chi connectivity index (χ1n) is 4.77. The van der Waals surface area contributed by atoms with Gasteiger partial charge < -0.3 is 15.3 Å². The van der Waals surface area contributed by atoms with E-state index in [2.05, 4.69) is 15.6 Å². The zero-order valence-electron chi connectivity index (χ0n) is 8.42. The highest BCUT2D eigenvalue weighted by atomic mass is 16.5. The summed E-state index contributed by atoms with van der Waals surface area (Å²) < 4.78 is 8.45. The van der Waals surface area contributed by atoms with Crippen molar-refractivity contribution in [3.63, 3.8) is 0 Å². The summed E-state index contributed by atoms with van der Waals surface area (Å²) in [6, 6.07) is 2.24. The highest BCUT2D eigenvalue weighted by Crippen LogP contribution is 2.11. The van der Waals surface area contributed by atoms with Crippen molar-refractivity contribution in [2.75, 3.05) is 25.2 Å². The number of aliphatic hydroxyl groups is 1. The van der Waals surface area contributed by atoms with E-state index in [1.165, 1.54) is 4.63 Å². The molecule has 2 N–H and O–H groups in total. The Labute approximate surface area is 86.2 Å². The molecule has 0 aliphatic rings. The number of hydrogen-bond donors (Lipinski definition) is 2. The minimum absolute atomic E-state index is 0.0457. The van der Waals surface area contributed by atoms with E-state index in [0.717, 1.165) is 5.65 Å². The summed E-state index contributed by atoms with van der Waals surface area (Å²) in [4.78, 5) is 0. The molecule has 0 radical (unpaired) electrons. The third kappa shape index (κ3) is 1.73. The normalized spacial score (nSPS) is 10.8. The average Bonchev–Trinajstić information content (AvgIpc) is 2.77. The molecule has 0 aromatic carbocycles. The number of nitrogens with zero attached hydrogens (tertiary/aromatic N) is 4. The smallest absolute Gasteiger partial charge is 0.336 e. The fourth-order valence-electron chi connectivity index (χ4n) is 1.29. The first-order valence-corrected chi connectivity index (χ1v) is 4.77. The maximum atomic E-state index is 8.75. The molecule has 0 saturated heterocycles. The van der Waals surface area contributed by atoms with Gasteiger partial charge in [0.15, 0.2) is 5.65 Å². The van der Waals surface area contributed by atoms with Crippen LogP contribution in [-0.2, 0) is 0 Å². The van der Waals surface area contributed by atoms with Gasteiger partial charge in [-0.3, -0.25) is 0 Å². The topological polar surface area (TPSA) is 76.6 Å². The summed E-state index contributed by atoms with van der Waals surface area (Å²) in [6.07, 6.45) is 1.65. The Hall–Kier alpha value is -1.76. The molecule has 0 bridgehead atoms. The fourth-order valence-corrected chi connectivity index (χ4v) is 1.29. The van der Waals surface area contributed by atoms with Crippen molar-refractivity contribution in [1.82, 2.24) is 19.5 Å². The summed E-state index contributed by atoms with van der Waals surface area (Å²) in [5, 5.41) is 16.9. The lowest BCUT2D eigenvalue weighted by Gasteiger charge is -2.08. The molecule has 0 saturated carbocycles. The maximum absolute atomic E-state index is 8.75. The maximum Gasteiger partial charge on any atom is 0.336 e. The van der Waals surface area contributed by atoms with Crippen LogP contribution in [0.3, 0.4) is 0 Å². The van der Waals surface area contributed by atoms with Crippen molar-refractivity contribution in [3.8, 4) is 6.01 Å². The molecule has 7 nitrogen and oxygen atoms in total. The van der Waals surface area contributed by atoms with Gasteiger partial charge in [0.05, 0.1) is 26.0 Å². The highest BCUT2D eigenvalue weighted by Gasteiger charge is 2.11. The molecule has 0 aliphatic carbocycles. The highest BCUT2D eigenvalue weighted by molar-refractivity contribution is 5.39. The first-order chi connectivity index (χ1) is 7.36. The standard InChI is InChI=1S/C8H13N5O2/c1-2-15-8-11-13-7(3-4-10-13)12(8)9-5-6-14/h3-4,9,14H,2,5-6H2,1H3. The quantitative estimate of drug-likeness (QED) is 0.695. The molecule has 2 aromatic heterocycles. The van der Waals surface area contributed by atoms with E-state index in [0.29, 0.717) is 19.2 Å². The largest absolute Gasteiger partial charge is 0.463 e. The third-order valence-electron chi connectivity index (χ3n) is 1.86. The predicted molar refractivity (Wildman–Crippen MR) is 53.5 cm³/mol. The second-order valence-corrected chi connectivity index (χ2v) is 2.86. The third-order valence-corrected chi connectivity index (χ3v) is 1.86. The lowest BCUT2D eigenvalue weighted by Crippen LogP contribution is -2.19. The molecule has 2 heterocycles. The minimum atomic E-state index is 0.0457. The molecule has 0 atom stereocenters. The van der Waals surface area contributed by atoms with E-state index in [9.17, 15) is 0 Å². The van der Waals surface area contributed by atoms with Crippen molar-refractivity contribution < 1.29 is 9.84 Å². The Morgan fingerprint density at radius 1 is 1.60 bits per heavy atom. The molecule has 0 unspecified atom stereocenters. The molecule has 15 heavy (non-hydrogen) atoms. The summed E-state index contributed by atoms with van der Waals surface area (Å²) in [5.74, 6) is 0. The van der Waals surface area contributed by atoms with Crippen LogP contribution in [0.25, 0.3) is 5.65 Å². The molecule has 0 fully saturated rings. The fraction of sp³-hybridized carbons (Fsp3) is 0.500. The predicted octanol–water partition coefficient (Wildman–Crippen LogP) is -0.535. The van der Waals surface area contributed by atoms with Gasteiger partial charge in [0.25, 0.3) is 0 Å². The van der Waals surface area contributed by atoms with Gasteiger partial charge in [-0.2, -0.15) is 9.77 Å². The molecule has 0 aliphatic heterocycles. The second kappa shape index (κ2) is 4.18. The van der Waals surface area contributed by atoms with Crippen molar-refractivity contribution in [3.05, 3.63) is 12.3 Å². The monoisotopic (exact) mass is 211 g/mol. The van der Waals surface area contributed by atoms with Crippen molar-refractivity contribution in [2.24, 2.45) is 0 Å². The number of aliphatic hydroxyl groups excluding tert-OH is 1. The minimum Gasteiger partial charge on any atom is -0.463 e. The van der Waals surface area contributed by atoms with E-state index in [1.54, 1.807) is 16.9 Å². The lowest BCUT2D eigenvalue weighted by atomic mass is 10.7. The van der Waals surface area contributed by atoms with Crippen LogP contribution in [0.2, 0.25) is 0 Å². The summed E-state index contributed by atoms with van der Waals surface area (Å²) in [5.41, 5.74) is 3.75. The number of nitrogens with one attached hydrogen (secondary N) is 1. The van der Waals surface area contributed by atoms with Crippen molar-refractivity contribution in [1.29, 1.82) is 0 Å². The van der Waals surface area contributed by atoms with E-state index >= 15 is 0 Å². The number of hydrogen-bond acceptors (Lipinski definition) is 5.